The summed E-state index contributed by atoms with van der Waals surface area (Å²) in [6, 6.07) is 3.20. The Hall–Kier alpha value is -1.13. The van der Waals surface area contributed by atoms with Crippen molar-refractivity contribution in [3.05, 3.63) is 23.4 Å². The van der Waals surface area contributed by atoms with Gasteiger partial charge in [-0.15, -0.1) is 0 Å². The summed E-state index contributed by atoms with van der Waals surface area (Å²) >= 11 is 5.71. The van der Waals surface area contributed by atoms with Gasteiger partial charge in [-0.1, -0.05) is 32.4 Å². The van der Waals surface area contributed by atoms with Crippen LogP contribution in [0.25, 0.3) is 0 Å². The lowest BCUT2D eigenvalue weighted by molar-refractivity contribution is -0.116. The topological polar surface area (TPSA) is 68.0 Å². The van der Waals surface area contributed by atoms with E-state index in [0.29, 0.717) is 17.3 Å². The average Bonchev–Trinajstić information content (AvgIpc) is 2.18. The number of nitrogens with two attached hydrogens (primary N) is 1. The van der Waals surface area contributed by atoms with Crippen molar-refractivity contribution in [3.63, 3.8) is 0 Å². The molecule has 100 valence electrons. The average molecular weight is 270 g/mol. The summed E-state index contributed by atoms with van der Waals surface area (Å²) in [5, 5.41) is 3.24. The number of anilines is 1. The molecular weight excluding hydrogens is 250 g/mol. The largest absolute Gasteiger partial charge is 0.327 e. The van der Waals surface area contributed by atoms with E-state index in [-0.39, 0.29) is 17.4 Å². The van der Waals surface area contributed by atoms with E-state index in [1.165, 1.54) is 6.20 Å². The number of hydrogen-bond donors (Lipinski definition) is 2. The molecule has 1 aromatic rings. The number of rotatable bonds is 4. The molecule has 0 aliphatic carbocycles. The van der Waals surface area contributed by atoms with Crippen molar-refractivity contribution in [1.29, 1.82) is 0 Å². The maximum atomic E-state index is 11.7. The molecule has 1 heterocycles. The number of nitrogens with zero attached hydrogens (tertiary/aromatic N) is 1. The fourth-order valence-corrected chi connectivity index (χ4v) is 1.85. The molecular formula is C13H20ClN3O. The van der Waals surface area contributed by atoms with Crippen molar-refractivity contribution in [1.82, 2.24) is 4.98 Å². The fraction of sp³-hybridized carbons (Fsp3) is 0.538. The van der Waals surface area contributed by atoms with E-state index >= 15 is 0 Å². The molecule has 0 bridgehead atoms. The predicted octanol–water partition coefficient (Wildman–Crippen LogP) is 2.83. The first-order valence-corrected chi connectivity index (χ1v) is 6.31. The van der Waals surface area contributed by atoms with Crippen LogP contribution in [-0.2, 0) is 4.79 Å². The highest BCUT2D eigenvalue weighted by atomic mass is 35.5. The van der Waals surface area contributed by atoms with Gasteiger partial charge in [-0.25, -0.2) is 4.98 Å². The Morgan fingerprint density at radius 3 is 2.67 bits per heavy atom. The zero-order valence-electron chi connectivity index (χ0n) is 11.0. The molecule has 5 heteroatoms. The van der Waals surface area contributed by atoms with E-state index in [2.05, 4.69) is 31.1 Å². The summed E-state index contributed by atoms with van der Waals surface area (Å²) in [6.45, 7) is 6.31. The number of aromatic nitrogens is 1. The van der Waals surface area contributed by atoms with Crippen LogP contribution in [0.2, 0.25) is 5.02 Å². The van der Waals surface area contributed by atoms with Crippen molar-refractivity contribution in [3.8, 4) is 0 Å². The number of halogens is 1. The fourth-order valence-electron chi connectivity index (χ4n) is 1.74. The van der Waals surface area contributed by atoms with Gasteiger partial charge in [0.05, 0.1) is 5.02 Å². The molecule has 0 aromatic carbocycles. The highest BCUT2D eigenvalue weighted by Crippen LogP contribution is 2.21. The summed E-state index contributed by atoms with van der Waals surface area (Å²) in [5.41, 5.74) is 6.06. The lowest BCUT2D eigenvalue weighted by atomic mass is 9.87. The van der Waals surface area contributed by atoms with Crippen LogP contribution in [0.3, 0.4) is 0 Å². The number of amides is 1. The molecule has 0 spiro atoms. The van der Waals surface area contributed by atoms with Gasteiger partial charge in [0.25, 0.3) is 0 Å². The molecule has 1 atom stereocenters. The monoisotopic (exact) mass is 269 g/mol. The molecule has 0 saturated heterocycles. The van der Waals surface area contributed by atoms with Crippen molar-refractivity contribution in [2.24, 2.45) is 11.1 Å². The third-order valence-electron chi connectivity index (χ3n) is 2.32. The zero-order chi connectivity index (χ0) is 13.8. The zero-order valence-corrected chi connectivity index (χ0v) is 11.8. The van der Waals surface area contributed by atoms with Gasteiger partial charge in [0.1, 0.15) is 5.82 Å². The van der Waals surface area contributed by atoms with Gasteiger partial charge in [-0.3, -0.25) is 4.79 Å². The first-order valence-electron chi connectivity index (χ1n) is 5.93. The van der Waals surface area contributed by atoms with Gasteiger partial charge < -0.3 is 11.1 Å². The van der Waals surface area contributed by atoms with E-state index in [9.17, 15) is 4.79 Å². The van der Waals surface area contributed by atoms with Crippen LogP contribution < -0.4 is 11.1 Å². The van der Waals surface area contributed by atoms with Gasteiger partial charge in [-0.2, -0.15) is 0 Å². The summed E-state index contributed by atoms with van der Waals surface area (Å²) in [6.07, 6.45) is 2.59. The maximum absolute atomic E-state index is 11.7. The quantitative estimate of drug-likeness (QED) is 0.883. The normalized spacial score (nSPS) is 13.2. The Balaban J connectivity index is 2.44. The molecule has 1 aromatic heterocycles. The number of carbonyl (C=O) groups excluding carboxylic acids is 1. The Labute approximate surface area is 113 Å². The summed E-state index contributed by atoms with van der Waals surface area (Å²) in [5.74, 6) is 0.369. The Kier molecular flexibility index (Phi) is 5.11. The van der Waals surface area contributed by atoms with Gasteiger partial charge in [0.2, 0.25) is 5.91 Å². The summed E-state index contributed by atoms with van der Waals surface area (Å²) in [7, 11) is 0. The number of hydrogen-bond acceptors (Lipinski definition) is 3. The highest BCUT2D eigenvalue weighted by Gasteiger charge is 2.18. The van der Waals surface area contributed by atoms with Crippen molar-refractivity contribution >= 4 is 23.3 Å². The Bertz CT molecular complexity index is 398. The maximum Gasteiger partial charge on any atom is 0.227 e. The summed E-state index contributed by atoms with van der Waals surface area (Å²) < 4.78 is 0. The second kappa shape index (κ2) is 6.16. The molecule has 1 unspecified atom stereocenters. The van der Waals surface area contributed by atoms with Crippen LogP contribution in [0.5, 0.6) is 0 Å². The Morgan fingerprint density at radius 2 is 2.17 bits per heavy atom. The third-order valence-corrected chi connectivity index (χ3v) is 2.54. The molecule has 0 radical (unpaired) electrons. The molecule has 4 nitrogen and oxygen atoms in total. The molecule has 3 N–H and O–H groups in total. The third kappa shape index (κ3) is 5.98. The number of carbonyl (C=O) groups is 1. The van der Waals surface area contributed by atoms with Crippen LogP contribution in [-0.4, -0.2) is 16.9 Å². The Morgan fingerprint density at radius 1 is 1.50 bits per heavy atom. The SMILES string of the molecule is CC(C)(C)CC(N)CC(=O)Nc1ccc(Cl)cn1. The van der Waals surface area contributed by atoms with E-state index in [1.54, 1.807) is 12.1 Å². The van der Waals surface area contributed by atoms with Crippen molar-refractivity contribution in [2.45, 2.75) is 39.7 Å². The molecule has 0 saturated carbocycles. The van der Waals surface area contributed by atoms with Gasteiger partial charge in [-0.05, 0) is 24.0 Å². The molecule has 1 amide bonds. The van der Waals surface area contributed by atoms with Crippen LogP contribution in [0.1, 0.15) is 33.6 Å². The van der Waals surface area contributed by atoms with Gasteiger partial charge >= 0.3 is 0 Å². The molecule has 0 aliphatic rings. The number of nitrogens with one attached hydrogen (secondary N) is 1. The molecule has 0 fully saturated rings. The minimum atomic E-state index is -0.141. The van der Waals surface area contributed by atoms with E-state index in [4.69, 9.17) is 17.3 Å². The van der Waals surface area contributed by atoms with Crippen LogP contribution in [0.15, 0.2) is 18.3 Å². The van der Waals surface area contributed by atoms with Gasteiger partial charge in [0.15, 0.2) is 0 Å². The first-order chi connectivity index (χ1) is 8.26. The van der Waals surface area contributed by atoms with E-state index < -0.39 is 0 Å². The second-order valence-electron chi connectivity index (χ2n) is 5.64. The van der Waals surface area contributed by atoms with Crippen LogP contribution >= 0.6 is 11.6 Å². The first kappa shape index (κ1) is 14.9. The predicted molar refractivity (Wildman–Crippen MR) is 74.5 cm³/mol. The van der Waals surface area contributed by atoms with Crippen LogP contribution in [0.4, 0.5) is 5.82 Å². The number of pyridine rings is 1. The van der Waals surface area contributed by atoms with Crippen molar-refractivity contribution in [2.75, 3.05) is 5.32 Å². The molecule has 1 rings (SSSR count). The molecule has 0 aliphatic heterocycles. The minimum Gasteiger partial charge on any atom is -0.327 e. The van der Waals surface area contributed by atoms with Crippen molar-refractivity contribution < 1.29 is 4.79 Å². The molecule has 18 heavy (non-hydrogen) atoms. The van der Waals surface area contributed by atoms with Gasteiger partial charge in [0, 0.05) is 18.7 Å². The van der Waals surface area contributed by atoms with E-state index in [1.807, 2.05) is 0 Å². The lowest BCUT2D eigenvalue weighted by Gasteiger charge is -2.22. The van der Waals surface area contributed by atoms with E-state index in [0.717, 1.165) is 6.42 Å². The standard InChI is InChI=1S/C13H20ClN3O/c1-13(2,3)7-10(15)6-12(18)17-11-5-4-9(14)8-16-11/h4-5,8,10H,6-7,15H2,1-3H3,(H,16,17,18). The minimum absolute atomic E-state index is 0.123. The second-order valence-corrected chi connectivity index (χ2v) is 6.08. The summed E-state index contributed by atoms with van der Waals surface area (Å²) in [4.78, 5) is 15.7. The van der Waals surface area contributed by atoms with Crippen LogP contribution in [0, 0.1) is 5.41 Å². The highest BCUT2D eigenvalue weighted by molar-refractivity contribution is 6.30. The smallest absolute Gasteiger partial charge is 0.227 e. The lowest BCUT2D eigenvalue weighted by Crippen LogP contribution is -2.31.